The number of carbonyl (C=O) groups is 3. The molecule has 0 amide bonds. The van der Waals surface area contributed by atoms with E-state index >= 15 is 0 Å². The fourth-order valence-corrected chi connectivity index (χ4v) is 2.82. The molecule has 0 aromatic heterocycles. The minimum atomic E-state index is -1.44. The number of hydrogen-bond acceptors (Lipinski definition) is 12. The van der Waals surface area contributed by atoms with Gasteiger partial charge >= 0.3 is 29.3 Å². The Hall–Kier alpha value is -3.81. The largest absolute Gasteiger partial charge is 0.460 e. The summed E-state index contributed by atoms with van der Waals surface area (Å²) < 4.78 is 26.3. The first-order valence-electron chi connectivity index (χ1n) is 8.72. The maximum atomic E-state index is 11.6. The van der Waals surface area contributed by atoms with E-state index in [9.17, 15) is 34.6 Å². The van der Waals surface area contributed by atoms with Crippen molar-refractivity contribution in [1.29, 1.82) is 0 Å². The Balaban J connectivity index is 2.37. The van der Waals surface area contributed by atoms with E-state index in [2.05, 4.69) is 0 Å². The highest BCUT2D eigenvalue weighted by atomic mass is 16.7. The molecule has 1 heterocycles. The molecule has 1 aliphatic heterocycles. The van der Waals surface area contributed by atoms with Gasteiger partial charge in [0.25, 0.3) is 0 Å². The summed E-state index contributed by atoms with van der Waals surface area (Å²) in [5.74, 6) is -2.51. The summed E-state index contributed by atoms with van der Waals surface area (Å²) in [5.41, 5.74) is -1.59. The Morgan fingerprint density at radius 3 is 1.97 bits per heavy atom. The molecule has 1 fully saturated rings. The number of rotatable bonds is 7. The van der Waals surface area contributed by atoms with Crippen molar-refractivity contribution < 1.29 is 47.9 Å². The van der Waals surface area contributed by atoms with Gasteiger partial charge in [-0.3, -0.25) is 34.6 Å². The fraction of sp³-hybridized carbons (Fsp3) is 0.471. The third kappa shape index (κ3) is 6.08. The van der Waals surface area contributed by atoms with Gasteiger partial charge in [-0.15, -0.1) is 0 Å². The maximum Gasteiger partial charge on any atom is 0.349 e. The molecular weight excluding hydrogens is 424 g/mol. The van der Waals surface area contributed by atoms with E-state index in [0.717, 1.165) is 39.0 Å². The van der Waals surface area contributed by atoms with Crippen LogP contribution in [0.2, 0.25) is 0 Å². The first-order valence-corrected chi connectivity index (χ1v) is 8.72. The predicted molar refractivity (Wildman–Crippen MR) is 96.8 cm³/mol. The van der Waals surface area contributed by atoms with Crippen molar-refractivity contribution in [3.63, 3.8) is 0 Å². The molecule has 0 bridgehead atoms. The molecule has 14 heteroatoms. The number of nitro benzene ring substituents is 2. The van der Waals surface area contributed by atoms with Gasteiger partial charge in [-0.05, 0) is 6.07 Å². The van der Waals surface area contributed by atoms with Gasteiger partial charge in [-0.2, -0.15) is 0 Å². The van der Waals surface area contributed by atoms with Crippen molar-refractivity contribution in [2.24, 2.45) is 0 Å². The minimum Gasteiger partial charge on any atom is -0.460 e. The second kappa shape index (κ2) is 9.80. The highest BCUT2D eigenvalue weighted by Crippen LogP contribution is 2.33. The molecule has 1 aliphatic rings. The van der Waals surface area contributed by atoms with Crippen LogP contribution >= 0.6 is 0 Å². The summed E-state index contributed by atoms with van der Waals surface area (Å²) in [6.45, 7) is 2.94. The number of esters is 3. The highest BCUT2D eigenvalue weighted by molar-refractivity contribution is 5.68. The van der Waals surface area contributed by atoms with Crippen molar-refractivity contribution >= 4 is 29.3 Å². The van der Waals surface area contributed by atoms with Crippen molar-refractivity contribution in [1.82, 2.24) is 0 Å². The molecule has 1 aromatic rings. The lowest BCUT2D eigenvalue weighted by atomic mass is 10.0. The second-order valence-electron chi connectivity index (χ2n) is 6.28. The van der Waals surface area contributed by atoms with Crippen LogP contribution in [0.4, 0.5) is 11.4 Å². The van der Waals surface area contributed by atoms with E-state index in [1.165, 1.54) is 0 Å². The lowest BCUT2D eigenvalue weighted by molar-refractivity contribution is -0.422. The Kier molecular flexibility index (Phi) is 7.42. The molecule has 1 saturated heterocycles. The molecule has 14 nitrogen and oxygen atoms in total. The van der Waals surface area contributed by atoms with E-state index < -0.39 is 63.7 Å². The maximum absolute atomic E-state index is 11.6. The number of benzene rings is 1. The zero-order valence-electron chi connectivity index (χ0n) is 16.5. The van der Waals surface area contributed by atoms with Crippen molar-refractivity contribution in [2.75, 3.05) is 6.61 Å². The van der Waals surface area contributed by atoms with Gasteiger partial charge in [0, 0.05) is 26.8 Å². The summed E-state index contributed by atoms with van der Waals surface area (Å²) in [7, 11) is 0. The van der Waals surface area contributed by atoms with E-state index in [4.69, 9.17) is 23.7 Å². The predicted octanol–water partition coefficient (Wildman–Crippen LogP) is 1.03. The number of ether oxygens (including phenoxy) is 5. The average molecular weight is 442 g/mol. The van der Waals surface area contributed by atoms with Crippen molar-refractivity contribution in [3.05, 3.63) is 38.4 Å². The first kappa shape index (κ1) is 23.5. The highest BCUT2D eigenvalue weighted by Gasteiger charge is 2.48. The van der Waals surface area contributed by atoms with Gasteiger partial charge in [0.05, 0.1) is 22.5 Å². The normalized spacial score (nSPS) is 22.7. The van der Waals surface area contributed by atoms with Crippen LogP contribution in [0.25, 0.3) is 0 Å². The Labute approximate surface area is 174 Å². The zero-order chi connectivity index (χ0) is 23.3. The molecule has 2 rings (SSSR count). The van der Waals surface area contributed by atoms with E-state index in [1.54, 1.807) is 0 Å². The van der Waals surface area contributed by atoms with Gasteiger partial charge in [0.1, 0.15) is 5.75 Å². The average Bonchev–Trinajstić information content (AvgIpc) is 2.65. The van der Waals surface area contributed by atoms with E-state index in [1.807, 2.05) is 0 Å². The standard InChI is InChI=1S/C17H18N2O12/c1-8(20)28-14-7-27-17(16(30-10(3)22)15(14)29-9(2)21)31-11-4-5-12(18(23)24)13(6-11)19(25)26/h4-6,14-17H,7H2,1-3H3/t14-,15+,16+,17+/m1/s1. The third-order valence-corrected chi connectivity index (χ3v) is 3.90. The van der Waals surface area contributed by atoms with E-state index in [-0.39, 0.29) is 12.4 Å². The summed E-state index contributed by atoms with van der Waals surface area (Å²) in [6, 6.07) is 2.74. The summed E-state index contributed by atoms with van der Waals surface area (Å²) in [5, 5.41) is 22.1. The Morgan fingerprint density at radius 2 is 1.45 bits per heavy atom. The Bertz CT molecular complexity index is 901. The summed E-state index contributed by atoms with van der Waals surface area (Å²) in [6.07, 6.45) is -5.30. The van der Waals surface area contributed by atoms with Gasteiger partial charge in [-0.25, -0.2) is 0 Å². The smallest absolute Gasteiger partial charge is 0.349 e. The van der Waals surface area contributed by atoms with Gasteiger partial charge in [-0.1, -0.05) is 0 Å². The monoisotopic (exact) mass is 442 g/mol. The number of hydrogen-bond donors (Lipinski definition) is 0. The summed E-state index contributed by atoms with van der Waals surface area (Å²) >= 11 is 0. The molecule has 0 spiro atoms. The molecule has 0 radical (unpaired) electrons. The molecular formula is C17H18N2O12. The molecule has 168 valence electrons. The molecule has 4 atom stereocenters. The molecule has 0 N–H and O–H groups in total. The van der Waals surface area contributed by atoms with Crippen LogP contribution in [0, 0.1) is 20.2 Å². The number of carbonyl (C=O) groups excluding carboxylic acids is 3. The summed E-state index contributed by atoms with van der Waals surface area (Å²) in [4.78, 5) is 54.7. The van der Waals surface area contributed by atoms with Gasteiger partial charge in [0.2, 0.25) is 12.4 Å². The minimum absolute atomic E-state index is 0.216. The Morgan fingerprint density at radius 1 is 0.903 bits per heavy atom. The molecule has 31 heavy (non-hydrogen) atoms. The van der Waals surface area contributed by atoms with Crippen LogP contribution in [0.1, 0.15) is 20.8 Å². The molecule has 0 unspecified atom stereocenters. The SMILES string of the molecule is CC(=O)O[C@@H]1[C@H](Oc2ccc([N+](=O)[O-])c([N+](=O)[O-])c2)OC[C@@H](OC(C)=O)[C@@H]1OC(C)=O. The second-order valence-corrected chi connectivity index (χ2v) is 6.28. The first-order chi connectivity index (χ1) is 14.5. The van der Waals surface area contributed by atoms with Gasteiger partial charge < -0.3 is 23.7 Å². The topological polar surface area (TPSA) is 184 Å². The third-order valence-electron chi connectivity index (χ3n) is 3.90. The van der Waals surface area contributed by atoms with Crippen LogP contribution in [0.15, 0.2) is 18.2 Å². The number of nitrogens with zero attached hydrogens (tertiary/aromatic N) is 2. The fourth-order valence-electron chi connectivity index (χ4n) is 2.82. The number of nitro groups is 2. The molecule has 1 aromatic carbocycles. The van der Waals surface area contributed by atoms with Crippen LogP contribution in [-0.4, -0.2) is 59.0 Å². The van der Waals surface area contributed by atoms with E-state index in [0.29, 0.717) is 0 Å². The van der Waals surface area contributed by atoms with Crippen LogP contribution < -0.4 is 4.74 Å². The van der Waals surface area contributed by atoms with Crippen LogP contribution in [0.3, 0.4) is 0 Å². The van der Waals surface area contributed by atoms with Crippen molar-refractivity contribution in [3.8, 4) is 5.75 Å². The van der Waals surface area contributed by atoms with Gasteiger partial charge in [0.15, 0.2) is 12.2 Å². The zero-order valence-corrected chi connectivity index (χ0v) is 16.5. The molecule has 0 saturated carbocycles. The van der Waals surface area contributed by atoms with Crippen molar-refractivity contribution in [2.45, 2.75) is 45.4 Å². The van der Waals surface area contributed by atoms with Crippen LogP contribution in [-0.2, 0) is 33.3 Å². The molecule has 0 aliphatic carbocycles. The lowest BCUT2D eigenvalue weighted by Gasteiger charge is -2.40. The quantitative estimate of drug-likeness (QED) is 0.253. The van der Waals surface area contributed by atoms with Crippen LogP contribution in [0.5, 0.6) is 5.75 Å². The lowest BCUT2D eigenvalue weighted by Crippen LogP contribution is -2.59.